The monoisotopic (exact) mass is 399 g/mol. The lowest BCUT2D eigenvalue weighted by Gasteiger charge is -2.31. The summed E-state index contributed by atoms with van der Waals surface area (Å²) in [6, 6.07) is 19.6. The fourth-order valence-electron chi connectivity index (χ4n) is 3.99. The number of hydrogen-bond donors (Lipinski definition) is 0. The van der Waals surface area contributed by atoms with Crippen LogP contribution in [0.1, 0.15) is 36.9 Å². The topological polar surface area (TPSA) is 66.8 Å². The average molecular weight is 399 g/mol. The maximum atomic E-state index is 12.9. The highest BCUT2D eigenvalue weighted by Gasteiger charge is 2.23. The first-order valence-corrected chi connectivity index (χ1v) is 10.3. The molecule has 2 aromatic carbocycles. The van der Waals surface area contributed by atoms with Crippen molar-refractivity contribution in [3.63, 3.8) is 0 Å². The molecule has 4 rings (SSSR count). The van der Waals surface area contributed by atoms with Gasteiger partial charge in [-0.05, 0) is 49.6 Å². The molecule has 1 saturated heterocycles. The van der Waals surface area contributed by atoms with E-state index in [1.165, 1.54) is 11.1 Å². The molecular formula is C24H25N5O. The molecule has 152 valence electrons. The Morgan fingerprint density at radius 1 is 1.13 bits per heavy atom. The van der Waals surface area contributed by atoms with E-state index >= 15 is 0 Å². The van der Waals surface area contributed by atoms with Crippen LogP contribution in [0.15, 0.2) is 71.3 Å². The van der Waals surface area contributed by atoms with Crippen molar-refractivity contribution in [3.05, 3.63) is 88.1 Å². The van der Waals surface area contributed by atoms with Gasteiger partial charge in [-0.2, -0.15) is 10.4 Å². The predicted octanol–water partition coefficient (Wildman–Crippen LogP) is 3.65. The fourth-order valence-corrected chi connectivity index (χ4v) is 3.99. The molecule has 1 aliphatic heterocycles. The van der Waals surface area contributed by atoms with Crippen LogP contribution in [0, 0.1) is 11.3 Å². The summed E-state index contributed by atoms with van der Waals surface area (Å²) in [5.74, 6) is 0. The molecule has 1 aromatic heterocycles. The van der Waals surface area contributed by atoms with E-state index in [9.17, 15) is 4.79 Å². The van der Waals surface area contributed by atoms with E-state index in [0.717, 1.165) is 38.2 Å². The minimum atomic E-state index is -0.127. The van der Waals surface area contributed by atoms with E-state index in [1.807, 2.05) is 6.07 Å². The predicted molar refractivity (Wildman–Crippen MR) is 117 cm³/mol. The van der Waals surface area contributed by atoms with Gasteiger partial charge in [0, 0.05) is 19.6 Å². The molecule has 0 amide bonds. The summed E-state index contributed by atoms with van der Waals surface area (Å²) >= 11 is 0. The molecule has 0 bridgehead atoms. The van der Waals surface area contributed by atoms with Gasteiger partial charge in [-0.15, -0.1) is 0 Å². The number of likely N-dealkylation sites (tertiary alicyclic amines) is 1. The second kappa shape index (κ2) is 8.93. The largest absolute Gasteiger partial charge is 0.350 e. The van der Waals surface area contributed by atoms with Crippen LogP contribution in [0.3, 0.4) is 0 Å². The van der Waals surface area contributed by atoms with Gasteiger partial charge < -0.3 is 0 Å². The fraction of sp³-hybridized carbons (Fsp3) is 0.292. The highest BCUT2D eigenvalue weighted by Crippen LogP contribution is 2.21. The summed E-state index contributed by atoms with van der Waals surface area (Å²) in [5.41, 5.74) is 3.73. The number of rotatable bonds is 5. The van der Waals surface area contributed by atoms with Crippen molar-refractivity contribution < 1.29 is 0 Å². The zero-order chi connectivity index (χ0) is 20.9. The number of aromatic nitrogens is 3. The third-order valence-corrected chi connectivity index (χ3v) is 5.56. The van der Waals surface area contributed by atoms with E-state index in [4.69, 9.17) is 5.26 Å². The quantitative estimate of drug-likeness (QED) is 0.657. The Kier molecular flexibility index (Phi) is 5.92. The van der Waals surface area contributed by atoms with Crippen LogP contribution in [0.2, 0.25) is 0 Å². The minimum Gasteiger partial charge on any atom is -0.299 e. The normalized spacial score (nSPS) is 15.8. The smallest absolute Gasteiger partial charge is 0.299 e. The van der Waals surface area contributed by atoms with Gasteiger partial charge in [-0.3, -0.25) is 4.90 Å². The highest BCUT2D eigenvalue weighted by atomic mass is 16.2. The van der Waals surface area contributed by atoms with E-state index in [0.29, 0.717) is 5.56 Å². The van der Waals surface area contributed by atoms with E-state index in [1.54, 1.807) is 39.8 Å². The van der Waals surface area contributed by atoms with Crippen LogP contribution < -0.4 is 5.69 Å². The molecule has 0 atom stereocenters. The molecule has 6 nitrogen and oxygen atoms in total. The average Bonchev–Trinajstić information content (AvgIpc) is 3.16. The van der Waals surface area contributed by atoms with Gasteiger partial charge >= 0.3 is 5.69 Å². The molecule has 30 heavy (non-hydrogen) atoms. The molecular weight excluding hydrogens is 374 g/mol. The summed E-state index contributed by atoms with van der Waals surface area (Å²) < 4.78 is 3.16. The Labute approximate surface area is 176 Å². The van der Waals surface area contributed by atoms with E-state index in [2.05, 4.69) is 53.3 Å². The first-order chi connectivity index (χ1) is 14.6. The second-order valence-electron chi connectivity index (χ2n) is 7.80. The summed E-state index contributed by atoms with van der Waals surface area (Å²) in [6.45, 7) is 5.00. The van der Waals surface area contributed by atoms with Gasteiger partial charge in [-0.1, -0.05) is 42.0 Å². The summed E-state index contributed by atoms with van der Waals surface area (Å²) in [5, 5.41) is 13.3. The number of nitrogens with zero attached hydrogens (tertiary/aromatic N) is 5. The molecule has 0 unspecified atom stereocenters. The Morgan fingerprint density at radius 3 is 2.50 bits per heavy atom. The molecule has 6 heteroatoms. The molecule has 2 heterocycles. The summed E-state index contributed by atoms with van der Waals surface area (Å²) in [4.78, 5) is 15.3. The third-order valence-electron chi connectivity index (χ3n) is 5.56. The third kappa shape index (κ3) is 4.42. The van der Waals surface area contributed by atoms with Crippen molar-refractivity contribution in [1.82, 2.24) is 19.2 Å². The lowest BCUT2D eigenvalue weighted by atomic mass is 10.0. The van der Waals surface area contributed by atoms with Crippen LogP contribution in [0.5, 0.6) is 0 Å². The lowest BCUT2D eigenvalue weighted by Crippen LogP contribution is -2.38. The SMILES string of the molecule is C/C(=C\c1ccccc1)CN1CCC(n2ncn(-c3ccc(C#N)cc3)c2=O)CC1. The van der Waals surface area contributed by atoms with Gasteiger partial charge in [0.25, 0.3) is 0 Å². The van der Waals surface area contributed by atoms with Gasteiger partial charge in [0.05, 0.1) is 23.4 Å². The standard InChI is InChI=1S/C24H25N5O/c1-19(15-20-5-3-2-4-6-20)17-27-13-11-23(12-14-27)29-24(30)28(18-26-29)22-9-7-21(16-25)8-10-22/h2-10,15,18,23H,11-14,17H2,1H3/b19-15+. The van der Waals surface area contributed by atoms with Crippen molar-refractivity contribution >= 4 is 6.08 Å². The van der Waals surface area contributed by atoms with Crippen molar-refractivity contribution in [1.29, 1.82) is 5.26 Å². The van der Waals surface area contributed by atoms with Gasteiger partial charge in [-0.25, -0.2) is 14.0 Å². The highest BCUT2D eigenvalue weighted by molar-refractivity contribution is 5.52. The zero-order valence-electron chi connectivity index (χ0n) is 17.1. The lowest BCUT2D eigenvalue weighted by molar-refractivity contribution is 0.189. The van der Waals surface area contributed by atoms with Crippen molar-refractivity contribution in [2.24, 2.45) is 0 Å². The van der Waals surface area contributed by atoms with Crippen molar-refractivity contribution in [2.75, 3.05) is 19.6 Å². The van der Waals surface area contributed by atoms with Crippen LogP contribution in [0.4, 0.5) is 0 Å². The first kappa shape index (κ1) is 19.9. The molecule has 0 radical (unpaired) electrons. The second-order valence-corrected chi connectivity index (χ2v) is 7.80. The maximum Gasteiger partial charge on any atom is 0.350 e. The molecule has 1 aliphatic rings. The van der Waals surface area contributed by atoms with Crippen molar-refractivity contribution in [2.45, 2.75) is 25.8 Å². The van der Waals surface area contributed by atoms with Crippen LogP contribution in [-0.2, 0) is 0 Å². The molecule has 3 aromatic rings. The van der Waals surface area contributed by atoms with Gasteiger partial charge in [0.15, 0.2) is 0 Å². The van der Waals surface area contributed by atoms with E-state index < -0.39 is 0 Å². The Morgan fingerprint density at radius 2 is 1.83 bits per heavy atom. The van der Waals surface area contributed by atoms with Crippen LogP contribution >= 0.6 is 0 Å². The van der Waals surface area contributed by atoms with Crippen LogP contribution in [-0.4, -0.2) is 38.9 Å². The summed E-state index contributed by atoms with van der Waals surface area (Å²) in [6.07, 6.45) is 5.62. The number of benzene rings is 2. The Balaban J connectivity index is 1.39. The maximum absolute atomic E-state index is 12.9. The van der Waals surface area contributed by atoms with Gasteiger partial charge in [0.2, 0.25) is 0 Å². The van der Waals surface area contributed by atoms with Gasteiger partial charge in [0.1, 0.15) is 6.33 Å². The van der Waals surface area contributed by atoms with Crippen LogP contribution in [0.25, 0.3) is 11.8 Å². The minimum absolute atomic E-state index is 0.117. The van der Waals surface area contributed by atoms with Crippen molar-refractivity contribution in [3.8, 4) is 11.8 Å². The number of hydrogen-bond acceptors (Lipinski definition) is 4. The molecule has 0 N–H and O–H groups in total. The van der Waals surface area contributed by atoms with E-state index in [-0.39, 0.29) is 11.7 Å². The molecule has 0 aliphatic carbocycles. The zero-order valence-corrected chi connectivity index (χ0v) is 17.1. The Hall–Kier alpha value is -3.43. The molecule has 0 saturated carbocycles. The summed E-state index contributed by atoms with van der Waals surface area (Å²) in [7, 11) is 0. The molecule has 0 spiro atoms. The molecule has 1 fully saturated rings. The Bertz CT molecular complexity index is 1110. The number of nitriles is 1. The first-order valence-electron chi connectivity index (χ1n) is 10.3. The number of piperidine rings is 1.